The monoisotopic (exact) mass is 348 g/mol. The van der Waals surface area contributed by atoms with Crippen molar-refractivity contribution in [2.45, 2.75) is 94.6 Å². The first kappa shape index (κ1) is 16.3. The van der Waals surface area contributed by atoms with Crippen molar-refractivity contribution in [3.8, 4) is 0 Å². The summed E-state index contributed by atoms with van der Waals surface area (Å²) >= 11 is 0. The molecule has 0 aromatic heterocycles. The molecule has 0 saturated carbocycles. The van der Waals surface area contributed by atoms with E-state index in [1.54, 1.807) is 0 Å². The van der Waals surface area contributed by atoms with Gasteiger partial charge in [-0.25, -0.2) is 4.79 Å². The van der Waals surface area contributed by atoms with Gasteiger partial charge in [-0.05, 0) is 51.9 Å². The van der Waals surface area contributed by atoms with Crippen LogP contribution in [0.3, 0.4) is 0 Å². The number of esters is 1. The maximum atomic E-state index is 12.1. The standard InChI is InChI=1S/C20H28O5/c1-10-5-6-13-20(4,25-13)14-7-8-19(3,24-14)15-9-12-11(2)18(21)23-17(12)16(10)22-15/h10,12-17H,2,5-9H2,1,3-4H3/t10-,12?,13-,14+,15-,16+,17-,19-,20-/m1/s1. The molecule has 0 aromatic rings. The SMILES string of the molecule is C=C1C(=O)O[C@@H]2C1C[C@H]1O[C@H]2[C@H](C)CC[C@H]2O[C@@]2(C)[C@@H]2CC[C@@]1(C)O2. The quantitative estimate of drug-likeness (QED) is 0.383. The number of hydrogen-bond acceptors (Lipinski definition) is 5. The molecule has 9 atom stereocenters. The van der Waals surface area contributed by atoms with Gasteiger partial charge in [-0.15, -0.1) is 0 Å². The van der Waals surface area contributed by atoms with E-state index in [1.165, 1.54) is 0 Å². The lowest BCUT2D eigenvalue weighted by atomic mass is 9.76. The number of fused-ring (bicyclic) bond motifs is 9. The lowest BCUT2D eigenvalue weighted by Crippen LogP contribution is -2.54. The van der Waals surface area contributed by atoms with E-state index < -0.39 is 0 Å². The molecular formula is C20H28O5. The fraction of sp³-hybridized carbons (Fsp3) is 0.850. The Labute approximate surface area is 149 Å². The summed E-state index contributed by atoms with van der Waals surface area (Å²) in [6.07, 6.45) is 4.84. The largest absolute Gasteiger partial charge is 0.456 e. The first-order chi connectivity index (χ1) is 11.8. The third kappa shape index (κ3) is 2.22. The summed E-state index contributed by atoms with van der Waals surface area (Å²) in [7, 11) is 0. The first-order valence-electron chi connectivity index (χ1n) is 9.73. The maximum absolute atomic E-state index is 12.1. The Bertz CT molecular complexity index is 632. The zero-order chi connectivity index (χ0) is 17.6. The molecule has 5 heteroatoms. The van der Waals surface area contributed by atoms with Gasteiger partial charge < -0.3 is 18.9 Å². The van der Waals surface area contributed by atoms with Crippen LogP contribution in [0.1, 0.15) is 52.9 Å². The molecule has 1 unspecified atom stereocenters. The Morgan fingerprint density at radius 3 is 2.60 bits per heavy atom. The van der Waals surface area contributed by atoms with E-state index in [-0.39, 0.29) is 53.6 Å². The second-order valence-electron chi connectivity index (χ2n) is 9.13. The highest BCUT2D eigenvalue weighted by Gasteiger charge is 2.64. The number of ether oxygens (including phenoxy) is 4. The van der Waals surface area contributed by atoms with Gasteiger partial charge in [0.15, 0.2) is 0 Å². The molecule has 5 rings (SSSR count). The van der Waals surface area contributed by atoms with Crippen LogP contribution in [0.5, 0.6) is 0 Å². The third-order valence-corrected chi connectivity index (χ3v) is 7.52. The molecule has 0 amide bonds. The topological polar surface area (TPSA) is 57.3 Å². The molecule has 0 aromatic carbocycles. The van der Waals surface area contributed by atoms with Crippen molar-refractivity contribution in [2.24, 2.45) is 11.8 Å². The van der Waals surface area contributed by atoms with E-state index in [4.69, 9.17) is 18.9 Å². The third-order valence-electron chi connectivity index (χ3n) is 7.52. The van der Waals surface area contributed by atoms with Gasteiger partial charge in [0.05, 0.1) is 30.0 Å². The number of rotatable bonds is 0. The summed E-state index contributed by atoms with van der Waals surface area (Å²) in [5.41, 5.74) is 0.146. The molecule has 0 spiro atoms. The normalized spacial score (nSPS) is 57.3. The summed E-state index contributed by atoms with van der Waals surface area (Å²) in [5.74, 6) is 0.111. The zero-order valence-electron chi connectivity index (χ0n) is 15.3. The Balaban J connectivity index is 1.51. The average molecular weight is 348 g/mol. The van der Waals surface area contributed by atoms with E-state index in [0.29, 0.717) is 11.5 Å². The highest BCUT2D eigenvalue weighted by molar-refractivity contribution is 5.91. The van der Waals surface area contributed by atoms with E-state index >= 15 is 0 Å². The van der Waals surface area contributed by atoms with Crippen molar-refractivity contribution < 1.29 is 23.7 Å². The minimum atomic E-state index is -0.330. The summed E-state index contributed by atoms with van der Waals surface area (Å²) in [6, 6.07) is 0. The Kier molecular flexibility index (Phi) is 3.31. The van der Waals surface area contributed by atoms with Crippen LogP contribution < -0.4 is 0 Å². The van der Waals surface area contributed by atoms with Gasteiger partial charge in [0.2, 0.25) is 0 Å². The van der Waals surface area contributed by atoms with Crippen molar-refractivity contribution >= 4 is 5.97 Å². The minimum Gasteiger partial charge on any atom is -0.456 e. The summed E-state index contributed by atoms with van der Waals surface area (Å²) in [4.78, 5) is 12.1. The number of epoxide rings is 1. The molecular weight excluding hydrogens is 320 g/mol. The molecule has 5 aliphatic rings. The van der Waals surface area contributed by atoms with Gasteiger partial charge in [0.25, 0.3) is 0 Å². The van der Waals surface area contributed by atoms with Crippen LogP contribution >= 0.6 is 0 Å². The van der Waals surface area contributed by atoms with Crippen LogP contribution in [-0.4, -0.2) is 47.7 Å². The lowest BCUT2D eigenvalue weighted by molar-refractivity contribution is -0.217. The van der Waals surface area contributed by atoms with E-state index in [0.717, 1.165) is 32.1 Å². The summed E-state index contributed by atoms with van der Waals surface area (Å²) in [6.45, 7) is 10.6. The molecule has 25 heavy (non-hydrogen) atoms. The van der Waals surface area contributed by atoms with Gasteiger partial charge >= 0.3 is 5.97 Å². The maximum Gasteiger partial charge on any atom is 0.334 e. The lowest BCUT2D eigenvalue weighted by Gasteiger charge is -2.45. The van der Waals surface area contributed by atoms with E-state index in [1.807, 2.05) is 0 Å². The van der Waals surface area contributed by atoms with Crippen molar-refractivity contribution in [3.63, 3.8) is 0 Å². The second-order valence-corrected chi connectivity index (χ2v) is 9.13. The van der Waals surface area contributed by atoms with Gasteiger partial charge in [-0.1, -0.05) is 13.5 Å². The van der Waals surface area contributed by atoms with Gasteiger partial charge in [0.1, 0.15) is 11.7 Å². The highest BCUT2D eigenvalue weighted by Crippen LogP contribution is 2.54. The van der Waals surface area contributed by atoms with Crippen LogP contribution in [0.15, 0.2) is 12.2 Å². The van der Waals surface area contributed by atoms with E-state index in [2.05, 4.69) is 27.4 Å². The van der Waals surface area contributed by atoms with Gasteiger partial charge in [-0.3, -0.25) is 0 Å². The number of carbonyl (C=O) groups is 1. The molecule has 5 fully saturated rings. The van der Waals surface area contributed by atoms with Crippen LogP contribution in [0, 0.1) is 11.8 Å². The molecule has 5 saturated heterocycles. The average Bonchev–Trinajstić information content (AvgIpc) is 2.92. The van der Waals surface area contributed by atoms with Gasteiger partial charge in [0, 0.05) is 11.5 Å². The van der Waals surface area contributed by atoms with Crippen LogP contribution in [0.4, 0.5) is 0 Å². The van der Waals surface area contributed by atoms with Crippen LogP contribution in [0.2, 0.25) is 0 Å². The zero-order valence-corrected chi connectivity index (χ0v) is 15.3. The second kappa shape index (κ2) is 5.08. The smallest absolute Gasteiger partial charge is 0.334 e. The van der Waals surface area contributed by atoms with Gasteiger partial charge in [-0.2, -0.15) is 0 Å². The van der Waals surface area contributed by atoms with Crippen molar-refractivity contribution in [1.29, 1.82) is 0 Å². The predicted molar refractivity (Wildman–Crippen MR) is 90.0 cm³/mol. The molecule has 138 valence electrons. The molecule has 0 N–H and O–H groups in total. The molecule has 5 nitrogen and oxygen atoms in total. The Morgan fingerprint density at radius 1 is 1.04 bits per heavy atom. The predicted octanol–water partition coefficient (Wildman–Crippen LogP) is 2.77. The Hall–Kier alpha value is -0.910. The number of carbonyl (C=O) groups excluding carboxylic acids is 1. The molecule has 0 aliphatic carbocycles. The first-order valence-corrected chi connectivity index (χ1v) is 9.73. The van der Waals surface area contributed by atoms with Crippen molar-refractivity contribution in [3.05, 3.63) is 12.2 Å². The van der Waals surface area contributed by atoms with Crippen molar-refractivity contribution in [2.75, 3.05) is 0 Å². The number of hydrogen-bond donors (Lipinski definition) is 0. The summed E-state index contributed by atoms with van der Waals surface area (Å²) in [5, 5.41) is 0. The highest BCUT2D eigenvalue weighted by atomic mass is 16.7. The van der Waals surface area contributed by atoms with Crippen LogP contribution in [0.25, 0.3) is 0 Å². The van der Waals surface area contributed by atoms with Crippen molar-refractivity contribution in [1.82, 2.24) is 0 Å². The fourth-order valence-electron chi connectivity index (χ4n) is 5.59. The van der Waals surface area contributed by atoms with Crippen LogP contribution in [-0.2, 0) is 23.7 Å². The summed E-state index contributed by atoms with van der Waals surface area (Å²) < 4.78 is 24.9. The molecule has 0 radical (unpaired) electrons. The van der Waals surface area contributed by atoms with E-state index in [9.17, 15) is 4.79 Å². The molecule has 5 aliphatic heterocycles. The Morgan fingerprint density at radius 2 is 1.80 bits per heavy atom. The minimum absolute atomic E-state index is 0.0312. The molecule has 5 heterocycles. The molecule has 4 bridgehead atoms. The fourth-order valence-corrected chi connectivity index (χ4v) is 5.59.